The summed E-state index contributed by atoms with van der Waals surface area (Å²) >= 11 is 5.94. The Labute approximate surface area is 191 Å². The van der Waals surface area contributed by atoms with E-state index in [1.165, 1.54) is 30.2 Å². The van der Waals surface area contributed by atoms with Crippen molar-refractivity contribution in [2.45, 2.75) is 39.4 Å². The molecule has 0 aliphatic heterocycles. The molecule has 0 fully saturated rings. The molecule has 0 saturated heterocycles. The van der Waals surface area contributed by atoms with Crippen molar-refractivity contribution in [1.29, 1.82) is 0 Å². The minimum absolute atomic E-state index is 0.0163. The van der Waals surface area contributed by atoms with E-state index in [1.807, 2.05) is 13.8 Å². The van der Waals surface area contributed by atoms with Crippen molar-refractivity contribution < 1.29 is 24.0 Å². The van der Waals surface area contributed by atoms with Gasteiger partial charge >= 0.3 is 5.69 Å². The molecule has 0 aromatic heterocycles. The zero-order valence-corrected chi connectivity index (χ0v) is 19.1. The lowest BCUT2D eigenvalue weighted by Gasteiger charge is -2.29. The number of nitrogens with zero attached hydrogens (tertiary/aromatic N) is 2. The topological polar surface area (TPSA) is 111 Å². The number of carbonyl (C=O) groups excluding carboxylic acids is 2. The molecule has 9 nitrogen and oxygen atoms in total. The van der Waals surface area contributed by atoms with Gasteiger partial charge in [0.1, 0.15) is 11.8 Å². The fraction of sp³-hybridized carbons (Fsp3) is 0.364. The first-order chi connectivity index (χ1) is 15.1. The number of hydrogen-bond donors (Lipinski definition) is 1. The third-order valence-electron chi connectivity index (χ3n) is 4.57. The number of hydrogen-bond acceptors (Lipinski definition) is 6. The summed E-state index contributed by atoms with van der Waals surface area (Å²) in [6.07, 6.45) is 0. The third kappa shape index (κ3) is 6.84. The number of amides is 2. The molecule has 10 heteroatoms. The van der Waals surface area contributed by atoms with E-state index >= 15 is 0 Å². The molecule has 32 heavy (non-hydrogen) atoms. The van der Waals surface area contributed by atoms with Gasteiger partial charge in [-0.25, -0.2) is 0 Å². The Morgan fingerprint density at radius 3 is 2.38 bits per heavy atom. The minimum Gasteiger partial charge on any atom is -0.490 e. The van der Waals surface area contributed by atoms with Crippen molar-refractivity contribution in [1.82, 2.24) is 10.2 Å². The van der Waals surface area contributed by atoms with Gasteiger partial charge in [0.25, 0.3) is 5.91 Å². The monoisotopic (exact) mass is 463 g/mol. The summed E-state index contributed by atoms with van der Waals surface area (Å²) in [5.74, 6) is -0.475. The molecular weight excluding hydrogens is 438 g/mol. The molecule has 0 spiro atoms. The van der Waals surface area contributed by atoms with Crippen molar-refractivity contribution in [2.75, 3.05) is 13.7 Å². The summed E-state index contributed by atoms with van der Waals surface area (Å²) in [6.45, 7) is 5.12. The number of benzene rings is 2. The van der Waals surface area contributed by atoms with Gasteiger partial charge in [0.05, 0.1) is 12.0 Å². The van der Waals surface area contributed by atoms with Crippen LogP contribution in [0, 0.1) is 10.1 Å². The summed E-state index contributed by atoms with van der Waals surface area (Å²) in [4.78, 5) is 37.4. The lowest BCUT2D eigenvalue weighted by Crippen LogP contribution is -2.50. The zero-order valence-electron chi connectivity index (χ0n) is 18.3. The second-order valence-electron chi connectivity index (χ2n) is 7.37. The van der Waals surface area contributed by atoms with Crippen LogP contribution in [0.3, 0.4) is 0 Å². The third-order valence-corrected chi connectivity index (χ3v) is 4.83. The van der Waals surface area contributed by atoms with E-state index in [2.05, 4.69) is 5.32 Å². The lowest BCUT2D eigenvalue weighted by molar-refractivity contribution is -0.385. The van der Waals surface area contributed by atoms with Crippen LogP contribution in [0.1, 0.15) is 26.3 Å². The maximum Gasteiger partial charge on any atom is 0.311 e. The van der Waals surface area contributed by atoms with Gasteiger partial charge in [-0.05, 0) is 44.5 Å². The molecule has 1 atom stereocenters. The van der Waals surface area contributed by atoms with Crippen LogP contribution in [0.4, 0.5) is 5.69 Å². The predicted molar refractivity (Wildman–Crippen MR) is 120 cm³/mol. The van der Waals surface area contributed by atoms with Crippen molar-refractivity contribution in [3.05, 3.63) is 63.2 Å². The number of nitro groups is 1. The van der Waals surface area contributed by atoms with Crippen LogP contribution >= 0.6 is 11.6 Å². The largest absolute Gasteiger partial charge is 0.490 e. The van der Waals surface area contributed by atoms with Crippen molar-refractivity contribution in [3.63, 3.8) is 0 Å². The quantitative estimate of drug-likeness (QED) is 0.426. The molecule has 0 saturated carbocycles. The number of ether oxygens (including phenoxy) is 2. The van der Waals surface area contributed by atoms with Gasteiger partial charge in [-0.2, -0.15) is 0 Å². The Morgan fingerprint density at radius 2 is 1.81 bits per heavy atom. The summed E-state index contributed by atoms with van der Waals surface area (Å²) in [7, 11) is 1.31. The van der Waals surface area contributed by atoms with E-state index in [-0.39, 0.29) is 42.3 Å². The SMILES string of the molecule is COc1cc(OCC(=O)N(Cc2ccc(Cl)cc2)C(C)C(=O)NC(C)C)ccc1[N+](=O)[O-]. The molecule has 0 heterocycles. The number of methoxy groups -OCH3 is 1. The molecule has 2 amide bonds. The van der Waals surface area contributed by atoms with Crippen LogP contribution in [0.15, 0.2) is 42.5 Å². The van der Waals surface area contributed by atoms with Crippen LogP contribution in [-0.4, -0.2) is 47.4 Å². The normalized spacial score (nSPS) is 11.6. The van der Waals surface area contributed by atoms with Crippen LogP contribution in [0.25, 0.3) is 0 Å². The summed E-state index contributed by atoms with van der Waals surface area (Å²) in [5, 5.41) is 14.4. The Kier molecular flexibility index (Phi) is 8.83. The van der Waals surface area contributed by atoms with E-state index in [0.717, 1.165) is 5.56 Å². The smallest absolute Gasteiger partial charge is 0.311 e. The van der Waals surface area contributed by atoms with E-state index in [9.17, 15) is 19.7 Å². The fourth-order valence-electron chi connectivity index (χ4n) is 2.90. The predicted octanol–water partition coefficient (Wildman–Crippen LogP) is 3.58. The highest BCUT2D eigenvalue weighted by Crippen LogP contribution is 2.30. The van der Waals surface area contributed by atoms with Crippen LogP contribution in [0.5, 0.6) is 11.5 Å². The van der Waals surface area contributed by atoms with Crippen molar-refractivity contribution in [3.8, 4) is 11.5 Å². The van der Waals surface area contributed by atoms with Gasteiger partial charge in [0.15, 0.2) is 6.61 Å². The number of rotatable bonds is 10. The second kappa shape index (κ2) is 11.3. The highest BCUT2D eigenvalue weighted by molar-refractivity contribution is 6.30. The lowest BCUT2D eigenvalue weighted by atomic mass is 10.1. The van der Waals surface area contributed by atoms with Gasteiger partial charge in [-0.15, -0.1) is 0 Å². The molecule has 172 valence electrons. The Morgan fingerprint density at radius 1 is 1.16 bits per heavy atom. The van der Waals surface area contributed by atoms with Crippen LogP contribution in [0.2, 0.25) is 5.02 Å². The van der Waals surface area contributed by atoms with E-state index in [1.54, 1.807) is 31.2 Å². The van der Waals surface area contributed by atoms with E-state index in [0.29, 0.717) is 5.02 Å². The van der Waals surface area contributed by atoms with Crippen LogP contribution in [-0.2, 0) is 16.1 Å². The maximum absolute atomic E-state index is 13.0. The highest BCUT2D eigenvalue weighted by Gasteiger charge is 2.27. The van der Waals surface area contributed by atoms with Crippen LogP contribution < -0.4 is 14.8 Å². The first-order valence-corrected chi connectivity index (χ1v) is 10.3. The number of nitrogens with one attached hydrogen (secondary N) is 1. The number of carbonyl (C=O) groups is 2. The molecule has 0 radical (unpaired) electrons. The zero-order chi connectivity index (χ0) is 23.8. The molecule has 2 aromatic carbocycles. The molecule has 2 rings (SSSR count). The van der Waals surface area contributed by atoms with Gasteiger partial charge in [0, 0.05) is 29.7 Å². The molecule has 1 unspecified atom stereocenters. The molecule has 0 bridgehead atoms. The summed E-state index contributed by atoms with van der Waals surface area (Å²) in [5.41, 5.74) is 0.582. The average molecular weight is 464 g/mol. The molecule has 1 N–H and O–H groups in total. The number of nitro benzene ring substituents is 1. The minimum atomic E-state index is -0.754. The second-order valence-corrected chi connectivity index (χ2v) is 7.80. The van der Waals surface area contributed by atoms with Crippen molar-refractivity contribution >= 4 is 29.1 Å². The standard InChI is InChI=1S/C22H26ClN3O6/c1-14(2)24-22(28)15(3)25(12-16-5-7-17(23)8-6-16)21(27)13-32-18-9-10-19(26(29)30)20(11-18)31-4/h5-11,14-15H,12-13H2,1-4H3,(H,24,28). The average Bonchev–Trinajstić information content (AvgIpc) is 2.75. The van der Waals surface area contributed by atoms with E-state index < -0.39 is 16.9 Å². The molecule has 2 aromatic rings. The highest BCUT2D eigenvalue weighted by atomic mass is 35.5. The van der Waals surface area contributed by atoms with Gasteiger partial charge in [-0.1, -0.05) is 23.7 Å². The first-order valence-electron chi connectivity index (χ1n) is 9.92. The van der Waals surface area contributed by atoms with E-state index in [4.69, 9.17) is 21.1 Å². The Hall–Kier alpha value is -3.33. The van der Waals surface area contributed by atoms with Gasteiger partial charge in [0.2, 0.25) is 11.7 Å². The maximum atomic E-state index is 13.0. The molecule has 0 aliphatic carbocycles. The van der Waals surface area contributed by atoms with Gasteiger partial charge in [-0.3, -0.25) is 19.7 Å². The summed E-state index contributed by atoms with van der Waals surface area (Å²) in [6, 6.07) is 10.1. The van der Waals surface area contributed by atoms with Crippen molar-refractivity contribution in [2.24, 2.45) is 0 Å². The van der Waals surface area contributed by atoms with Gasteiger partial charge < -0.3 is 19.7 Å². The fourth-order valence-corrected chi connectivity index (χ4v) is 3.03. The molecular formula is C22H26ClN3O6. The first kappa shape index (κ1) is 24.9. The Balaban J connectivity index is 2.18. The molecule has 0 aliphatic rings. The number of halogens is 1. The summed E-state index contributed by atoms with van der Waals surface area (Å²) < 4.78 is 10.6. The Bertz CT molecular complexity index is 965.